The fourth-order valence-electron chi connectivity index (χ4n) is 0. The monoisotopic (exact) mass is 397 g/mol. The average molecular weight is 396 g/mol. The van der Waals surface area contributed by atoms with E-state index in [9.17, 15) is 0 Å². The zero-order chi connectivity index (χ0) is 3.58. The molecule has 38 valence electrons. The number of hydrogen-bond acceptors (Lipinski definition) is 1. The molecule has 0 aromatic carbocycles. The SMILES string of the molecule is O=C(O)O.[BaH2].[Pt]. The van der Waals surface area contributed by atoms with Gasteiger partial charge in [0.1, 0.15) is 0 Å². The minimum absolute atomic E-state index is 0. The predicted molar refractivity (Wildman–Crippen MR) is 19.2 cm³/mol. The summed E-state index contributed by atoms with van der Waals surface area (Å²) in [5.74, 6) is 0. The van der Waals surface area contributed by atoms with Crippen LogP contribution in [0.3, 0.4) is 0 Å². The number of rotatable bonds is 0. The summed E-state index contributed by atoms with van der Waals surface area (Å²) in [5.41, 5.74) is 0. The van der Waals surface area contributed by atoms with E-state index in [-0.39, 0.29) is 69.9 Å². The van der Waals surface area contributed by atoms with Crippen molar-refractivity contribution in [2.75, 3.05) is 0 Å². The van der Waals surface area contributed by atoms with Gasteiger partial charge in [-0.2, -0.15) is 0 Å². The molecule has 0 fully saturated rings. The molecule has 0 amide bonds. The van der Waals surface area contributed by atoms with E-state index >= 15 is 0 Å². The molecule has 0 saturated heterocycles. The second kappa shape index (κ2) is 9.73. The van der Waals surface area contributed by atoms with Gasteiger partial charge in [0.15, 0.2) is 0 Å². The van der Waals surface area contributed by atoms with Crippen molar-refractivity contribution in [1.82, 2.24) is 0 Å². The van der Waals surface area contributed by atoms with Gasteiger partial charge >= 0.3 is 55.0 Å². The molecule has 0 aromatic heterocycles. The summed E-state index contributed by atoms with van der Waals surface area (Å²) in [7, 11) is 0. The minimum atomic E-state index is -1.83. The Morgan fingerprint density at radius 1 is 1.33 bits per heavy atom. The van der Waals surface area contributed by atoms with E-state index in [1.54, 1.807) is 0 Å². The van der Waals surface area contributed by atoms with Crippen molar-refractivity contribution in [2.24, 2.45) is 0 Å². The molecule has 0 aliphatic heterocycles. The molecule has 0 radical (unpaired) electrons. The van der Waals surface area contributed by atoms with E-state index in [1.807, 2.05) is 0 Å². The molecular weight excluding hydrogens is 392 g/mol. The summed E-state index contributed by atoms with van der Waals surface area (Å²) in [6, 6.07) is 0. The van der Waals surface area contributed by atoms with Crippen molar-refractivity contribution in [2.45, 2.75) is 0 Å². The number of carboxylic acid groups (broad SMARTS) is 2. The topological polar surface area (TPSA) is 57.5 Å². The van der Waals surface area contributed by atoms with Gasteiger partial charge in [0.2, 0.25) is 0 Å². The summed E-state index contributed by atoms with van der Waals surface area (Å²) in [4.78, 5) is 8.56. The van der Waals surface area contributed by atoms with Crippen LogP contribution in [0.1, 0.15) is 0 Å². The molecule has 0 rings (SSSR count). The summed E-state index contributed by atoms with van der Waals surface area (Å²) in [5, 5.41) is 13.9. The fourth-order valence-corrected chi connectivity index (χ4v) is 0. The van der Waals surface area contributed by atoms with E-state index in [1.165, 1.54) is 0 Å². The Morgan fingerprint density at radius 2 is 1.33 bits per heavy atom. The van der Waals surface area contributed by atoms with Crippen LogP contribution in [0.4, 0.5) is 4.79 Å². The first-order valence-electron chi connectivity index (χ1n) is 0.651. The fraction of sp³-hybridized carbons (Fsp3) is 0. The van der Waals surface area contributed by atoms with E-state index in [2.05, 4.69) is 0 Å². The third-order valence-corrected chi connectivity index (χ3v) is 0. The van der Waals surface area contributed by atoms with Gasteiger partial charge in [0.25, 0.3) is 0 Å². The predicted octanol–water partition coefficient (Wildman–Crippen LogP) is -0.696. The van der Waals surface area contributed by atoms with Crippen LogP contribution in [0.25, 0.3) is 0 Å². The van der Waals surface area contributed by atoms with Gasteiger partial charge < -0.3 is 10.2 Å². The number of hydrogen-bond donors (Lipinski definition) is 2. The second-order valence-electron chi connectivity index (χ2n) is 0.283. The molecule has 3 nitrogen and oxygen atoms in total. The molecule has 0 aromatic rings. The van der Waals surface area contributed by atoms with Gasteiger partial charge in [-0.15, -0.1) is 0 Å². The molecule has 6 heavy (non-hydrogen) atoms. The Hall–Kier alpha value is 1.53. The minimum Gasteiger partial charge on any atom is 0 e. The van der Waals surface area contributed by atoms with Crippen LogP contribution in [0, 0.1) is 0 Å². The molecule has 2 N–H and O–H groups in total. The third kappa shape index (κ3) is 48.5. The van der Waals surface area contributed by atoms with Crippen molar-refractivity contribution in [3.63, 3.8) is 0 Å². The first kappa shape index (κ1) is 15.6. The Kier molecular flexibility index (Phi) is 25.4. The van der Waals surface area contributed by atoms with Crippen LogP contribution in [-0.2, 0) is 21.1 Å². The molecule has 0 aliphatic carbocycles. The van der Waals surface area contributed by atoms with Crippen LogP contribution in [-0.4, -0.2) is 65.2 Å². The normalized spacial score (nSPS) is 4.00. The van der Waals surface area contributed by atoms with Crippen molar-refractivity contribution in [3.8, 4) is 0 Å². The van der Waals surface area contributed by atoms with Gasteiger partial charge in [-0.25, -0.2) is 4.79 Å². The van der Waals surface area contributed by atoms with Crippen LogP contribution < -0.4 is 0 Å². The maximum atomic E-state index is 8.56. The van der Waals surface area contributed by atoms with Crippen LogP contribution in [0.2, 0.25) is 0 Å². The Balaban J connectivity index is -0.0000000450. The van der Waals surface area contributed by atoms with E-state index in [4.69, 9.17) is 15.0 Å². The molecule has 0 heterocycles. The maximum absolute atomic E-state index is 8.56. The maximum Gasteiger partial charge on any atom is 0 e. The Morgan fingerprint density at radius 3 is 1.33 bits per heavy atom. The standard InChI is InChI=1S/CH2O3.Ba.Pt.2H/c2-1(3)4;;;;/h(H2,2,3,4);;;;. The van der Waals surface area contributed by atoms with Gasteiger partial charge in [-0.05, 0) is 0 Å². The molecular formula is CH4BaO3Pt. The summed E-state index contributed by atoms with van der Waals surface area (Å²) >= 11 is 0. The van der Waals surface area contributed by atoms with Crippen LogP contribution >= 0.6 is 0 Å². The molecule has 0 aliphatic rings. The smallest absolute Gasteiger partial charge is 0 e. The van der Waals surface area contributed by atoms with Gasteiger partial charge in [-0.1, -0.05) is 0 Å². The van der Waals surface area contributed by atoms with Crippen LogP contribution in [0.5, 0.6) is 0 Å². The van der Waals surface area contributed by atoms with Crippen molar-refractivity contribution in [3.05, 3.63) is 0 Å². The van der Waals surface area contributed by atoms with E-state index < -0.39 is 6.16 Å². The zero-order valence-electron chi connectivity index (χ0n) is 2.12. The van der Waals surface area contributed by atoms with Crippen LogP contribution in [0.15, 0.2) is 0 Å². The van der Waals surface area contributed by atoms with Gasteiger partial charge in [-0.3, -0.25) is 0 Å². The summed E-state index contributed by atoms with van der Waals surface area (Å²) < 4.78 is 0. The zero-order valence-corrected chi connectivity index (χ0v) is 4.39. The van der Waals surface area contributed by atoms with Crippen molar-refractivity contribution < 1.29 is 36.1 Å². The first-order valence-corrected chi connectivity index (χ1v) is 0.651. The molecule has 0 bridgehead atoms. The van der Waals surface area contributed by atoms with Gasteiger partial charge in [0.05, 0.1) is 0 Å². The van der Waals surface area contributed by atoms with E-state index in [0.29, 0.717) is 0 Å². The second-order valence-corrected chi connectivity index (χ2v) is 0.283. The van der Waals surface area contributed by atoms with Crippen molar-refractivity contribution in [1.29, 1.82) is 0 Å². The average Bonchev–Trinajstić information content (AvgIpc) is 0.811. The quantitative estimate of drug-likeness (QED) is 0.533. The molecule has 0 saturated carbocycles. The Bertz CT molecular complexity index is 33.8. The van der Waals surface area contributed by atoms with Gasteiger partial charge in [0, 0.05) is 21.1 Å². The van der Waals surface area contributed by atoms with E-state index in [0.717, 1.165) is 0 Å². The first-order chi connectivity index (χ1) is 1.73. The largest absolute Gasteiger partial charge is 0 e. The molecule has 0 atom stereocenters. The summed E-state index contributed by atoms with van der Waals surface area (Å²) in [6.07, 6.45) is -1.83. The molecule has 5 heteroatoms. The van der Waals surface area contributed by atoms with Crippen molar-refractivity contribution >= 4 is 55.0 Å². The molecule has 0 unspecified atom stereocenters. The third-order valence-electron chi connectivity index (χ3n) is 0. The summed E-state index contributed by atoms with van der Waals surface area (Å²) in [6.45, 7) is 0. The number of carbonyl (C=O) groups is 1. The Labute approximate surface area is 89.5 Å². The molecule has 0 spiro atoms.